The maximum Gasteiger partial charge on any atom is 0.278 e. The lowest BCUT2D eigenvalue weighted by Gasteiger charge is -2.34. The second-order valence-corrected chi connectivity index (χ2v) is 8.91. The molecule has 3 aromatic rings. The molecule has 8 heteroatoms. The number of likely N-dealkylation sites (N-methyl/N-ethyl adjacent to an activating group) is 1. The van der Waals surface area contributed by atoms with Gasteiger partial charge in [-0.2, -0.15) is 0 Å². The Hall–Kier alpha value is -3.36. The number of benzene rings is 1. The van der Waals surface area contributed by atoms with Crippen LogP contribution in [0, 0.1) is 0 Å². The van der Waals surface area contributed by atoms with Crippen LogP contribution in [0.3, 0.4) is 0 Å². The Balaban J connectivity index is 1.39. The van der Waals surface area contributed by atoms with Crippen LogP contribution < -0.4 is 10.2 Å². The highest BCUT2D eigenvalue weighted by Crippen LogP contribution is 2.34. The minimum atomic E-state index is -0.349. The number of carbonyl (C=O) groups excluding carboxylic acids is 2. The highest BCUT2D eigenvalue weighted by atomic mass is 32.1. The summed E-state index contributed by atoms with van der Waals surface area (Å²) in [6, 6.07) is 15.3. The van der Waals surface area contributed by atoms with Gasteiger partial charge in [0.2, 0.25) is 0 Å². The SMILES string of the molecule is CN1CCN(c2ccc(NC3=C(c4cccs4)C(=O)N(Cc4ccco4)C3=O)cc2)CC1. The van der Waals surface area contributed by atoms with E-state index in [1.165, 1.54) is 22.5 Å². The van der Waals surface area contributed by atoms with Gasteiger partial charge in [-0.3, -0.25) is 14.5 Å². The van der Waals surface area contributed by atoms with Crippen LogP contribution in [0.5, 0.6) is 0 Å². The number of imide groups is 1. The van der Waals surface area contributed by atoms with Crippen LogP contribution in [-0.2, 0) is 16.1 Å². The zero-order chi connectivity index (χ0) is 22.1. The molecule has 0 aliphatic carbocycles. The van der Waals surface area contributed by atoms with Crippen LogP contribution in [0.15, 0.2) is 70.3 Å². The Morgan fingerprint density at radius 2 is 1.75 bits per heavy atom. The summed E-state index contributed by atoms with van der Waals surface area (Å²) in [5.41, 5.74) is 2.63. The molecular formula is C24H24N4O3S. The van der Waals surface area contributed by atoms with E-state index >= 15 is 0 Å². The molecule has 164 valence electrons. The van der Waals surface area contributed by atoms with Crippen LogP contribution in [0.25, 0.3) is 5.57 Å². The van der Waals surface area contributed by atoms with Gasteiger partial charge >= 0.3 is 0 Å². The number of nitrogens with one attached hydrogen (secondary N) is 1. The lowest BCUT2D eigenvalue weighted by atomic mass is 10.1. The zero-order valence-corrected chi connectivity index (χ0v) is 18.6. The third-order valence-corrected chi connectivity index (χ3v) is 6.72. The maximum absolute atomic E-state index is 13.2. The molecule has 1 fully saturated rings. The first kappa shape index (κ1) is 20.5. The number of hydrogen-bond donors (Lipinski definition) is 1. The molecule has 0 unspecified atom stereocenters. The Morgan fingerprint density at radius 1 is 0.969 bits per heavy atom. The third-order valence-electron chi connectivity index (χ3n) is 5.83. The van der Waals surface area contributed by atoms with Crippen molar-refractivity contribution in [3.63, 3.8) is 0 Å². The van der Waals surface area contributed by atoms with E-state index in [1.54, 1.807) is 12.1 Å². The summed E-state index contributed by atoms with van der Waals surface area (Å²) < 4.78 is 5.36. The van der Waals surface area contributed by atoms with Crippen LogP contribution >= 0.6 is 11.3 Å². The van der Waals surface area contributed by atoms with Crippen molar-refractivity contribution in [3.05, 3.63) is 76.5 Å². The van der Waals surface area contributed by atoms with E-state index in [0.29, 0.717) is 17.0 Å². The summed E-state index contributed by atoms with van der Waals surface area (Å²) in [6.07, 6.45) is 1.54. The summed E-state index contributed by atoms with van der Waals surface area (Å²) in [7, 11) is 2.14. The minimum absolute atomic E-state index is 0.104. The Labute approximate surface area is 190 Å². The molecule has 7 nitrogen and oxygen atoms in total. The predicted octanol–water partition coefficient (Wildman–Crippen LogP) is 3.49. The Bertz CT molecular complexity index is 1130. The molecule has 0 saturated carbocycles. The number of anilines is 2. The smallest absolute Gasteiger partial charge is 0.278 e. The highest BCUT2D eigenvalue weighted by Gasteiger charge is 2.40. The fourth-order valence-corrected chi connectivity index (χ4v) is 4.78. The van der Waals surface area contributed by atoms with Gasteiger partial charge in [-0.25, -0.2) is 0 Å². The fraction of sp³-hybridized carbons (Fsp3) is 0.250. The van der Waals surface area contributed by atoms with Gasteiger partial charge in [-0.15, -0.1) is 11.3 Å². The van der Waals surface area contributed by atoms with Gasteiger partial charge in [0.25, 0.3) is 11.8 Å². The molecule has 0 radical (unpaired) electrons. The first-order valence-corrected chi connectivity index (χ1v) is 11.5. The normalized spacial score (nSPS) is 17.5. The van der Waals surface area contributed by atoms with E-state index in [-0.39, 0.29) is 18.4 Å². The minimum Gasteiger partial charge on any atom is -0.467 e. The van der Waals surface area contributed by atoms with E-state index in [2.05, 4.69) is 34.3 Å². The second kappa shape index (κ2) is 8.64. The van der Waals surface area contributed by atoms with E-state index in [1.807, 2.05) is 29.6 Å². The monoisotopic (exact) mass is 448 g/mol. The molecule has 0 bridgehead atoms. The number of piperazine rings is 1. The van der Waals surface area contributed by atoms with Crippen LogP contribution in [-0.4, -0.2) is 54.8 Å². The summed E-state index contributed by atoms with van der Waals surface area (Å²) in [5.74, 6) is -0.0987. The van der Waals surface area contributed by atoms with Gasteiger partial charge in [0.05, 0.1) is 18.4 Å². The van der Waals surface area contributed by atoms with E-state index < -0.39 is 0 Å². The van der Waals surface area contributed by atoms with E-state index in [4.69, 9.17) is 4.42 Å². The van der Waals surface area contributed by atoms with Crippen molar-refractivity contribution in [2.75, 3.05) is 43.4 Å². The van der Waals surface area contributed by atoms with Crippen molar-refractivity contribution in [2.24, 2.45) is 0 Å². The molecule has 1 aromatic carbocycles. The molecule has 2 amide bonds. The summed E-state index contributed by atoms with van der Waals surface area (Å²) in [4.78, 5) is 33.1. The number of thiophene rings is 1. The molecule has 2 aliphatic heterocycles. The topological polar surface area (TPSA) is 69.0 Å². The van der Waals surface area contributed by atoms with Gasteiger partial charge in [0.15, 0.2) is 0 Å². The van der Waals surface area contributed by atoms with Crippen LogP contribution in [0.2, 0.25) is 0 Å². The lowest BCUT2D eigenvalue weighted by molar-refractivity contribution is -0.137. The molecule has 1 N–H and O–H groups in total. The lowest BCUT2D eigenvalue weighted by Crippen LogP contribution is -2.44. The largest absolute Gasteiger partial charge is 0.467 e. The van der Waals surface area contributed by atoms with Crippen molar-refractivity contribution >= 4 is 40.1 Å². The number of nitrogens with zero attached hydrogens (tertiary/aromatic N) is 3. The van der Waals surface area contributed by atoms with Crippen molar-refractivity contribution in [3.8, 4) is 0 Å². The molecule has 2 aliphatic rings. The number of rotatable bonds is 6. The standard InChI is InChI=1S/C24H24N4O3S/c1-26-10-12-27(13-11-26)18-8-6-17(7-9-18)25-22-21(20-5-3-15-32-20)23(29)28(24(22)30)16-19-4-2-14-31-19/h2-9,14-15,25H,10-13,16H2,1H3. The quantitative estimate of drug-likeness (QED) is 0.583. The van der Waals surface area contributed by atoms with Gasteiger partial charge in [0, 0.05) is 42.4 Å². The van der Waals surface area contributed by atoms with Gasteiger partial charge in [0.1, 0.15) is 11.5 Å². The van der Waals surface area contributed by atoms with Crippen molar-refractivity contribution in [1.29, 1.82) is 0 Å². The van der Waals surface area contributed by atoms with Crippen LogP contribution in [0.4, 0.5) is 11.4 Å². The molecule has 0 spiro atoms. The molecular weight excluding hydrogens is 424 g/mol. The Kier molecular flexibility index (Phi) is 5.55. The fourth-order valence-electron chi connectivity index (χ4n) is 4.01. The summed E-state index contributed by atoms with van der Waals surface area (Å²) in [6.45, 7) is 4.17. The van der Waals surface area contributed by atoms with Crippen molar-refractivity contribution in [2.45, 2.75) is 6.54 Å². The molecule has 2 aromatic heterocycles. The first-order valence-electron chi connectivity index (χ1n) is 10.6. The van der Waals surface area contributed by atoms with Gasteiger partial charge in [-0.1, -0.05) is 6.07 Å². The average molecular weight is 449 g/mol. The van der Waals surface area contributed by atoms with E-state index in [0.717, 1.165) is 42.4 Å². The first-order chi connectivity index (χ1) is 15.6. The van der Waals surface area contributed by atoms with E-state index in [9.17, 15) is 9.59 Å². The predicted molar refractivity (Wildman–Crippen MR) is 125 cm³/mol. The van der Waals surface area contributed by atoms with Gasteiger partial charge in [-0.05, 0) is 54.9 Å². The number of amides is 2. The highest BCUT2D eigenvalue weighted by molar-refractivity contribution is 7.11. The van der Waals surface area contributed by atoms with Crippen molar-refractivity contribution < 1.29 is 14.0 Å². The average Bonchev–Trinajstić information content (AvgIpc) is 3.55. The zero-order valence-electron chi connectivity index (χ0n) is 17.8. The molecule has 5 rings (SSSR count). The Morgan fingerprint density at radius 3 is 2.41 bits per heavy atom. The van der Waals surface area contributed by atoms with Crippen molar-refractivity contribution in [1.82, 2.24) is 9.80 Å². The summed E-state index contributed by atoms with van der Waals surface area (Å²) in [5, 5.41) is 5.12. The number of furan rings is 1. The number of hydrogen-bond acceptors (Lipinski definition) is 7. The molecule has 4 heterocycles. The third kappa shape index (κ3) is 3.94. The second-order valence-electron chi connectivity index (χ2n) is 7.97. The molecule has 0 atom stereocenters. The maximum atomic E-state index is 13.2. The summed E-state index contributed by atoms with van der Waals surface area (Å²) >= 11 is 1.44. The number of carbonyl (C=O) groups is 2. The molecule has 1 saturated heterocycles. The molecule has 32 heavy (non-hydrogen) atoms. The van der Waals surface area contributed by atoms with Crippen LogP contribution in [0.1, 0.15) is 10.6 Å². The van der Waals surface area contributed by atoms with Gasteiger partial charge < -0.3 is 19.5 Å².